The second-order valence-corrected chi connectivity index (χ2v) is 32.1. The van der Waals surface area contributed by atoms with Gasteiger partial charge in [0, 0.05) is 132 Å². The smallest absolute Gasteiger partial charge is 0.160 e. The van der Waals surface area contributed by atoms with Gasteiger partial charge in [0.2, 0.25) is 0 Å². The van der Waals surface area contributed by atoms with Gasteiger partial charge in [0.05, 0.1) is 67.8 Å². The molecule has 14 aromatic carbocycles. The quantitative estimate of drug-likeness (QED) is 0.0890. The minimum atomic E-state index is 0.639. The Bertz CT molecular complexity index is 7350. The van der Waals surface area contributed by atoms with Crippen LogP contribution in [0.3, 0.4) is 0 Å². The van der Waals surface area contributed by atoms with Gasteiger partial charge in [0.1, 0.15) is 0 Å². The molecule has 0 saturated heterocycles. The molecule has 0 amide bonds. The van der Waals surface area contributed by atoms with Gasteiger partial charge in [-0.1, -0.05) is 315 Å². The fourth-order valence-electron chi connectivity index (χ4n) is 17.3. The van der Waals surface area contributed by atoms with Crippen LogP contribution in [0.25, 0.3) is 234 Å². The van der Waals surface area contributed by atoms with E-state index in [4.69, 9.17) is 44.9 Å². The first-order valence-corrected chi connectivity index (χ1v) is 43.8. The lowest BCUT2D eigenvalue weighted by Crippen LogP contribution is -1.96. The molecule has 0 aliphatic heterocycles. The van der Waals surface area contributed by atoms with Gasteiger partial charge in [-0.05, 0) is 169 Å². The Morgan fingerprint density at radius 2 is 0.364 bits per heavy atom. The van der Waals surface area contributed by atoms with Crippen molar-refractivity contribution in [1.82, 2.24) is 64.8 Å². The van der Waals surface area contributed by atoms with Crippen LogP contribution in [0.15, 0.2) is 468 Å². The van der Waals surface area contributed by atoms with E-state index in [-0.39, 0.29) is 0 Å². The van der Waals surface area contributed by atoms with Crippen molar-refractivity contribution < 1.29 is 0 Å². The lowest BCUT2D eigenvalue weighted by molar-refractivity contribution is 1.17. The summed E-state index contributed by atoms with van der Waals surface area (Å²) in [6, 6.07) is 144. The highest BCUT2D eigenvalue weighted by atomic mass is 14.9. The molecule has 24 rings (SSSR count). The van der Waals surface area contributed by atoms with Crippen molar-refractivity contribution in [2.45, 2.75) is 0 Å². The van der Waals surface area contributed by atoms with Gasteiger partial charge in [-0.3, -0.25) is 19.9 Å². The van der Waals surface area contributed by atoms with Crippen LogP contribution in [-0.4, -0.2) is 64.8 Å². The standard InChI is InChI=1S/C41H27N3.2C39H25N5/c1-4-12-28(13-5-1)35-26-37(42-36-25-24-29-14-10-11-19-34(29)40(35)36)31-20-22-32(23-21-31)39-27-38(30-15-6-2-7-16-30)43-41(44-39)33-17-8-3-9-18-33;1-2-8-26(9-3-1)33-22-35(42-34-19-18-27-10-4-5-13-32(27)38(33)34)28-14-16-29(17-15-28)39-43-36(30-11-6-20-40-24-30)23-37(44-39)31-12-7-21-41-25-31;1-2-6-26(7-3-1)33-24-35(42-34-15-14-27-8-4-5-9-32(27)38(33)34)28-10-12-31(13-11-28)39-43-36(29-16-20-40-21-17-29)25-37(44-39)30-18-22-41-23-19-30/h1-27H;2*1-25H. The van der Waals surface area contributed by atoms with Gasteiger partial charge in [0.15, 0.2) is 17.5 Å². The SMILES string of the molecule is c1ccc(-c2cc(-c3ccc(-c4cc(-c5ccccc5)c5c(ccc6ccccc65)n4)cc3)nc(-c3ccccc3)n2)cc1.c1ccc(-c2cc(-c3ccc(-c4nc(-c5cccnc5)cc(-c5cccnc5)n4)cc3)nc3ccc4ccccc4c23)cc1.c1ccc(-c2cc(-c3ccc(-c4nc(-c5ccncc5)cc(-c5ccncc5)n4)cc3)nc3ccc4ccccc4c23)cc1. The Morgan fingerprint density at radius 1 is 0.136 bits per heavy atom. The highest BCUT2D eigenvalue weighted by molar-refractivity contribution is 6.16. The van der Waals surface area contributed by atoms with Crippen LogP contribution in [0.2, 0.25) is 0 Å². The molecule has 0 fully saturated rings. The third-order valence-electron chi connectivity index (χ3n) is 23.9. The lowest BCUT2D eigenvalue weighted by Gasteiger charge is -2.13. The fraction of sp³-hybridized carbons (Fsp3) is 0. The minimum Gasteiger partial charge on any atom is -0.265 e. The maximum atomic E-state index is 5.17. The Labute approximate surface area is 761 Å². The third-order valence-corrected chi connectivity index (χ3v) is 23.9. The predicted octanol–water partition coefficient (Wildman–Crippen LogP) is 29.1. The normalized spacial score (nSPS) is 11.2. The van der Waals surface area contributed by atoms with Crippen LogP contribution >= 0.6 is 0 Å². The van der Waals surface area contributed by atoms with Crippen LogP contribution in [0.1, 0.15) is 0 Å². The maximum Gasteiger partial charge on any atom is 0.160 e. The van der Waals surface area contributed by atoms with Gasteiger partial charge in [0.25, 0.3) is 0 Å². The average Bonchev–Trinajstić information content (AvgIpc) is 0.758. The highest BCUT2D eigenvalue weighted by Crippen LogP contribution is 2.43. The van der Waals surface area contributed by atoms with Crippen molar-refractivity contribution in [2.75, 3.05) is 0 Å². The van der Waals surface area contributed by atoms with E-state index < -0.39 is 0 Å². The molecule has 10 heterocycles. The summed E-state index contributed by atoms with van der Waals surface area (Å²) in [5.74, 6) is 2.00. The molecule has 0 atom stereocenters. The Kier molecular flexibility index (Phi) is 21.8. The molecule has 24 aromatic rings. The zero-order valence-electron chi connectivity index (χ0n) is 71.3. The molecule has 0 saturated carbocycles. The molecule has 0 bridgehead atoms. The van der Waals surface area contributed by atoms with E-state index in [0.29, 0.717) is 17.5 Å². The van der Waals surface area contributed by atoms with Crippen LogP contribution < -0.4 is 0 Å². The molecule has 10 aromatic heterocycles. The second-order valence-electron chi connectivity index (χ2n) is 32.1. The Hall–Kier alpha value is -18.1. The van der Waals surface area contributed by atoms with Crippen molar-refractivity contribution in [3.8, 4) is 169 Å². The van der Waals surface area contributed by atoms with E-state index in [1.165, 1.54) is 76.3 Å². The summed E-state index contributed by atoms with van der Waals surface area (Å²) in [5.41, 5.74) is 29.7. The van der Waals surface area contributed by atoms with Gasteiger partial charge in [-0.15, -0.1) is 0 Å². The third kappa shape index (κ3) is 16.6. The maximum absolute atomic E-state index is 5.17. The van der Waals surface area contributed by atoms with Crippen LogP contribution in [-0.2, 0) is 0 Å². The molecule has 0 spiro atoms. The molecule has 13 heteroatoms. The van der Waals surface area contributed by atoms with E-state index >= 15 is 0 Å². The van der Waals surface area contributed by atoms with Gasteiger partial charge < -0.3 is 0 Å². The molecule has 618 valence electrons. The van der Waals surface area contributed by atoms with Crippen molar-refractivity contribution in [1.29, 1.82) is 0 Å². The highest BCUT2D eigenvalue weighted by Gasteiger charge is 2.21. The lowest BCUT2D eigenvalue weighted by atomic mass is 9.94. The van der Waals surface area contributed by atoms with E-state index in [0.717, 1.165) is 140 Å². The first kappa shape index (κ1) is 79.8. The van der Waals surface area contributed by atoms with Gasteiger partial charge >= 0.3 is 0 Å². The number of fused-ring (bicyclic) bond motifs is 9. The number of rotatable bonds is 15. The first-order valence-electron chi connectivity index (χ1n) is 43.8. The first-order chi connectivity index (χ1) is 65.4. The van der Waals surface area contributed by atoms with Crippen molar-refractivity contribution >= 4 is 65.0 Å². The van der Waals surface area contributed by atoms with E-state index in [1.807, 2.05) is 109 Å². The molecule has 0 aliphatic carbocycles. The van der Waals surface area contributed by atoms with Crippen molar-refractivity contribution in [3.05, 3.63) is 468 Å². The van der Waals surface area contributed by atoms with Crippen molar-refractivity contribution in [3.63, 3.8) is 0 Å². The second kappa shape index (κ2) is 36.1. The van der Waals surface area contributed by atoms with Gasteiger partial charge in [-0.25, -0.2) is 44.9 Å². The molecular formula is C119H77N13. The molecule has 0 aliphatic rings. The zero-order valence-corrected chi connectivity index (χ0v) is 71.3. The Balaban J connectivity index is 0.000000116. The fourth-order valence-corrected chi connectivity index (χ4v) is 17.3. The number of pyridine rings is 7. The summed E-state index contributed by atoms with van der Waals surface area (Å²) in [6.45, 7) is 0. The molecule has 13 nitrogen and oxygen atoms in total. The van der Waals surface area contributed by atoms with Gasteiger partial charge in [-0.2, -0.15) is 0 Å². The molecule has 0 unspecified atom stereocenters. The van der Waals surface area contributed by atoms with E-state index in [1.54, 1.807) is 37.2 Å². The number of hydrogen-bond donors (Lipinski definition) is 0. The number of hydrogen-bond acceptors (Lipinski definition) is 13. The summed E-state index contributed by atoms with van der Waals surface area (Å²) < 4.78 is 0. The van der Waals surface area contributed by atoms with Crippen LogP contribution in [0.4, 0.5) is 0 Å². The number of benzene rings is 14. The summed E-state index contributed by atoms with van der Waals surface area (Å²) in [4.78, 5) is 62.1. The molecule has 132 heavy (non-hydrogen) atoms. The topological polar surface area (TPSA) is 168 Å². The Morgan fingerprint density at radius 3 is 0.659 bits per heavy atom. The summed E-state index contributed by atoms with van der Waals surface area (Å²) in [7, 11) is 0. The zero-order chi connectivity index (χ0) is 87.9. The largest absolute Gasteiger partial charge is 0.265 e. The molecular weight excluding hydrogens is 1610 g/mol. The average molecular weight is 1690 g/mol. The molecule has 0 N–H and O–H groups in total. The number of aromatic nitrogens is 13. The van der Waals surface area contributed by atoms with Crippen LogP contribution in [0.5, 0.6) is 0 Å². The number of nitrogens with zero attached hydrogens (tertiary/aromatic N) is 13. The predicted molar refractivity (Wildman–Crippen MR) is 537 cm³/mol. The van der Waals surface area contributed by atoms with E-state index in [9.17, 15) is 0 Å². The molecule has 0 radical (unpaired) electrons. The van der Waals surface area contributed by atoms with Crippen LogP contribution in [0, 0.1) is 0 Å². The monoisotopic (exact) mass is 1690 g/mol. The minimum absolute atomic E-state index is 0.639. The van der Waals surface area contributed by atoms with E-state index in [2.05, 4.69) is 341 Å². The summed E-state index contributed by atoms with van der Waals surface area (Å²) in [6.07, 6.45) is 14.3. The summed E-state index contributed by atoms with van der Waals surface area (Å²) in [5, 5.41) is 10.8. The van der Waals surface area contributed by atoms with Crippen molar-refractivity contribution in [2.24, 2.45) is 0 Å². The summed E-state index contributed by atoms with van der Waals surface area (Å²) >= 11 is 0.